The highest BCUT2D eigenvalue weighted by atomic mass is 16.7. The second-order valence-electron chi connectivity index (χ2n) is 7.23. The molecule has 0 aliphatic carbocycles. The van der Waals surface area contributed by atoms with Crippen LogP contribution in [-0.2, 0) is 16.2 Å². The van der Waals surface area contributed by atoms with Crippen LogP contribution in [-0.4, -0.2) is 46.1 Å². The van der Waals surface area contributed by atoms with Gasteiger partial charge in [0.1, 0.15) is 5.71 Å². The van der Waals surface area contributed by atoms with E-state index in [-0.39, 0.29) is 11.8 Å². The summed E-state index contributed by atoms with van der Waals surface area (Å²) in [6.45, 7) is 1.50. The van der Waals surface area contributed by atoms with E-state index in [0.717, 1.165) is 18.4 Å². The molecule has 1 atom stereocenters. The van der Waals surface area contributed by atoms with E-state index in [1.807, 2.05) is 42.5 Å². The molecule has 2 aromatic rings. The molecule has 1 aromatic carbocycles. The zero-order valence-electron chi connectivity index (χ0n) is 15.5. The Bertz CT molecular complexity index is 885. The van der Waals surface area contributed by atoms with Crippen LogP contribution in [0.25, 0.3) is 0 Å². The molecule has 0 saturated carbocycles. The van der Waals surface area contributed by atoms with Crippen LogP contribution in [0.4, 0.5) is 0 Å². The smallest absolute Gasteiger partial charge is 0.269 e. The van der Waals surface area contributed by atoms with Gasteiger partial charge in [-0.05, 0) is 36.6 Å². The number of amides is 2. The molecule has 7 heteroatoms. The fourth-order valence-electron chi connectivity index (χ4n) is 3.68. The fourth-order valence-corrected chi connectivity index (χ4v) is 3.68. The summed E-state index contributed by atoms with van der Waals surface area (Å²) in [7, 11) is 0. The van der Waals surface area contributed by atoms with Crippen molar-refractivity contribution in [2.45, 2.75) is 31.4 Å². The second kappa shape index (κ2) is 7.80. The van der Waals surface area contributed by atoms with E-state index in [9.17, 15) is 9.59 Å². The summed E-state index contributed by atoms with van der Waals surface area (Å²) in [6, 6.07) is 12.9. The van der Waals surface area contributed by atoms with E-state index < -0.39 is 5.60 Å². The molecule has 1 aromatic heterocycles. The number of pyridine rings is 1. The molecular formula is C21H22N4O3. The molecule has 4 rings (SSSR count). The van der Waals surface area contributed by atoms with Crippen molar-refractivity contribution in [1.29, 1.82) is 0 Å². The van der Waals surface area contributed by atoms with Crippen molar-refractivity contribution in [2.24, 2.45) is 5.16 Å². The number of likely N-dealkylation sites (tertiary alicyclic amines) is 1. The molecule has 7 nitrogen and oxygen atoms in total. The minimum Gasteiger partial charge on any atom is -0.386 e. The Morgan fingerprint density at radius 3 is 2.82 bits per heavy atom. The van der Waals surface area contributed by atoms with Crippen LogP contribution < -0.4 is 5.32 Å². The summed E-state index contributed by atoms with van der Waals surface area (Å²) in [5.74, 6) is -0.259. The highest BCUT2D eigenvalue weighted by Crippen LogP contribution is 2.34. The predicted molar refractivity (Wildman–Crippen MR) is 104 cm³/mol. The van der Waals surface area contributed by atoms with Crippen LogP contribution >= 0.6 is 0 Å². The lowest BCUT2D eigenvalue weighted by Gasteiger charge is -2.38. The van der Waals surface area contributed by atoms with E-state index in [4.69, 9.17) is 4.84 Å². The van der Waals surface area contributed by atoms with E-state index in [0.29, 0.717) is 37.3 Å². The average Bonchev–Trinajstić information content (AvgIpc) is 3.16. The maximum atomic E-state index is 12.8. The number of oxime groups is 1. The minimum absolute atomic E-state index is 0.0160. The van der Waals surface area contributed by atoms with Crippen LogP contribution in [0.3, 0.4) is 0 Å². The molecule has 144 valence electrons. The number of hydrogen-bond donors (Lipinski definition) is 1. The minimum atomic E-state index is -0.607. The maximum absolute atomic E-state index is 12.8. The first kappa shape index (κ1) is 18.2. The maximum Gasteiger partial charge on any atom is 0.269 e. The van der Waals surface area contributed by atoms with Gasteiger partial charge in [-0.15, -0.1) is 0 Å². The number of carbonyl (C=O) groups excluding carboxylic acids is 2. The second-order valence-corrected chi connectivity index (χ2v) is 7.23. The number of nitrogens with zero attached hydrogens (tertiary/aromatic N) is 3. The van der Waals surface area contributed by atoms with Crippen molar-refractivity contribution < 1.29 is 14.4 Å². The third-order valence-electron chi connectivity index (χ3n) is 5.12. The standard InChI is InChI=1S/C21H22N4O3/c26-19(23-14-16-6-4-10-22-13-16)18-12-21(28-24-18)9-5-11-25(15-21)20(27)17-7-2-1-3-8-17/h1-4,6-8,10,13H,5,9,11-12,14-15H2,(H,23,26). The van der Waals surface area contributed by atoms with Gasteiger partial charge in [0.25, 0.3) is 11.8 Å². The van der Waals surface area contributed by atoms with Gasteiger partial charge in [0.15, 0.2) is 5.60 Å². The topological polar surface area (TPSA) is 83.9 Å². The Balaban J connectivity index is 1.36. The Morgan fingerprint density at radius 2 is 2.04 bits per heavy atom. The summed E-state index contributed by atoms with van der Waals surface area (Å²) in [5.41, 5.74) is 1.34. The van der Waals surface area contributed by atoms with Crippen LogP contribution in [0.2, 0.25) is 0 Å². The normalized spacial score (nSPS) is 21.1. The van der Waals surface area contributed by atoms with Gasteiger partial charge in [-0.25, -0.2) is 0 Å². The van der Waals surface area contributed by atoms with E-state index in [1.165, 1.54) is 0 Å². The predicted octanol–water partition coefficient (Wildman–Crippen LogP) is 2.15. The fraction of sp³-hybridized carbons (Fsp3) is 0.333. The number of carbonyl (C=O) groups is 2. The highest BCUT2D eigenvalue weighted by molar-refractivity contribution is 6.39. The van der Waals surface area contributed by atoms with Crippen molar-refractivity contribution in [3.05, 3.63) is 66.0 Å². The van der Waals surface area contributed by atoms with Gasteiger partial charge in [0.05, 0.1) is 6.54 Å². The molecule has 0 bridgehead atoms. The molecule has 2 amide bonds. The van der Waals surface area contributed by atoms with E-state index in [1.54, 1.807) is 17.3 Å². The van der Waals surface area contributed by atoms with Crippen molar-refractivity contribution in [1.82, 2.24) is 15.2 Å². The summed E-state index contributed by atoms with van der Waals surface area (Å²) in [6.07, 6.45) is 5.40. The van der Waals surface area contributed by atoms with Gasteiger partial charge < -0.3 is 15.1 Å². The first-order valence-corrected chi connectivity index (χ1v) is 9.42. The zero-order chi connectivity index (χ0) is 19.4. The molecule has 0 radical (unpaired) electrons. The van der Waals surface area contributed by atoms with Gasteiger partial charge in [-0.2, -0.15) is 0 Å². The summed E-state index contributed by atoms with van der Waals surface area (Å²) in [4.78, 5) is 36.8. The van der Waals surface area contributed by atoms with Gasteiger partial charge in [-0.3, -0.25) is 14.6 Å². The van der Waals surface area contributed by atoms with Crippen LogP contribution in [0.15, 0.2) is 60.0 Å². The summed E-state index contributed by atoms with van der Waals surface area (Å²) < 4.78 is 0. The molecule has 28 heavy (non-hydrogen) atoms. The Labute approximate surface area is 163 Å². The van der Waals surface area contributed by atoms with E-state index in [2.05, 4.69) is 15.5 Å². The van der Waals surface area contributed by atoms with Crippen LogP contribution in [0.5, 0.6) is 0 Å². The quantitative estimate of drug-likeness (QED) is 0.884. The van der Waals surface area contributed by atoms with Crippen LogP contribution in [0, 0.1) is 0 Å². The molecule has 1 fully saturated rings. The number of aromatic nitrogens is 1. The molecule has 2 aliphatic heterocycles. The Morgan fingerprint density at radius 1 is 1.18 bits per heavy atom. The third-order valence-corrected chi connectivity index (χ3v) is 5.12. The molecule has 1 unspecified atom stereocenters. The number of piperidine rings is 1. The van der Waals surface area contributed by atoms with Gasteiger partial charge >= 0.3 is 0 Å². The molecule has 1 spiro atoms. The largest absolute Gasteiger partial charge is 0.386 e. The highest BCUT2D eigenvalue weighted by Gasteiger charge is 2.45. The van der Waals surface area contributed by atoms with E-state index >= 15 is 0 Å². The molecule has 1 N–H and O–H groups in total. The number of nitrogens with one attached hydrogen (secondary N) is 1. The first-order chi connectivity index (χ1) is 13.7. The van der Waals surface area contributed by atoms with Crippen molar-refractivity contribution in [3.8, 4) is 0 Å². The third kappa shape index (κ3) is 3.88. The van der Waals surface area contributed by atoms with Gasteiger partial charge in [0, 0.05) is 37.5 Å². The lowest BCUT2D eigenvalue weighted by atomic mass is 9.87. The number of benzene rings is 1. The first-order valence-electron chi connectivity index (χ1n) is 9.42. The van der Waals surface area contributed by atoms with Gasteiger partial charge in [0.2, 0.25) is 0 Å². The molecule has 3 heterocycles. The summed E-state index contributed by atoms with van der Waals surface area (Å²) in [5, 5.41) is 6.89. The number of hydrogen-bond acceptors (Lipinski definition) is 5. The van der Waals surface area contributed by atoms with Gasteiger partial charge in [-0.1, -0.05) is 29.4 Å². The van der Waals surface area contributed by atoms with Crippen molar-refractivity contribution >= 4 is 17.5 Å². The molecular weight excluding hydrogens is 356 g/mol. The number of rotatable bonds is 4. The monoisotopic (exact) mass is 378 g/mol. The SMILES string of the molecule is O=C(NCc1cccnc1)C1=NOC2(CCCN(C(=O)c3ccccc3)C2)C1. The van der Waals surface area contributed by atoms with Crippen molar-refractivity contribution in [2.75, 3.05) is 13.1 Å². The average molecular weight is 378 g/mol. The summed E-state index contributed by atoms with van der Waals surface area (Å²) >= 11 is 0. The molecule has 1 saturated heterocycles. The lowest BCUT2D eigenvalue weighted by molar-refractivity contribution is -0.115. The van der Waals surface area contributed by atoms with Crippen molar-refractivity contribution in [3.63, 3.8) is 0 Å². The zero-order valence-corrected chi connectivity index (χ0v) is 15.5. The molecule has 2 aliphatic rings. The Kier molecular flexibility index (Phi) is 5.06. The Hall–Kier alpha value is -3.22. The lowest BCUT2D eigenvalue weighted by Crippen LogP contribution is -2.51. The van der Waals surface area contributed by atoms with Crippen LogP contribution in [0.1, 0.15) is 35.2 Å².